The van der Waals surface area contributed by atoms with E-state index in [4.69, 9.17) is 0 Å². The van der Waals surface area contributed by atoms with E-state index in [-0.39, 0.29) is 6.54 Å². The Labute approximate surface area is 89.3 Å². The molecule has 0 heterocycles. The molecular formula is C9H14N2O3S. The molecule has 0 spiro atoms. The van der Waals surface area contributed by atoms with Gasteiger partial charge >= 0.3 is 0 Å². The van der Waals surface area contributed by atoms with Crippen LogP contribution in [0, 0.1) is 0 Å². The van der Waals surface area contributed by atoms with Gasteiger partial charge in [-0.3, -0.25) is 0 Å². The van der Waals surface area contributed by atoms with Crippen LogP contribution in [0.15, 0.2) is 30.3 Å². The van der Waals surface area contributed by atoms with Crippen LogP contribution in [0.3, 0.4) is 0 Å². The number of benzene rings is 1. The Morgan fingerprint density at radius 3 is 2.47 bits per heavy atom. The summed E-state index contributed by atoms with van der Waals surface area (Å²) in [5, 5.41) is 9.62. The van der Waals surface area contributed by atoms with Crippen LogP contribution in [0.5, 0.6) is 0 Å². The molecule has 0 saturated carbocycles. The van der Waals surface area contributed by atoms with Crippen molar-refractivity contribution in [2.75, 3.05) is 13.6 Å². The highest BCUT2D eigenvalue weighted by Gasteiger charge is 2.11. The summed E-state index contributed by atoms with van der Waals surface area (Å²) in [6.45, 7) is -0.0484. The molecule has 1 atom stereocenters. The Bertz CT molecular complexity index is 391. The van der Waals surface area contributed by atoms with Gasteiger partial charge in [0.1, 0.15) is 0 Å². The largest absolute Gasteiger partial charge is 0.387 e. The third-order valence-electron chi connectivity index (χ3n) is 1.92. The van der Waals surface area contributed by atoms with Crippen LogP contribution in [0.1, 0.15) is 11.7 Å². The highest BCUT2D eigenvalue weighted by molar-refractivity contribution is 7.87. The second kappa shape index (κ2) is 5.22. The maximum absolute atomic E-state index is 11.0. The quantitative estimate of drug-likeness (QED) is 0.654. The molecule has 1 aromatic carbocycles. The fraction of sp³-hybridized carbons (Fsp3) is 0.333. The molecule has 1 rings (SSSR count). The monoisotopic (exact) mass is 230 g/mol. The highest BCUT2D eigenvalue weighted by Crippen LogP contribution is 2.10. The van der Waals surface area contributed by atoms with Crippen molar-refractivity contribution in [3.05, 3.63) is 35.9 Å². The van der Waals surface area contributed by atoms with Crippen molar-refractivity contribution >= 4 is 10.2 Å². The zero-order valence-corrected chi connectivity index (χ0v) is 9.16. The predicted octanol–water partition coefficient (Wildman–Crippen LogP) is -0.226. The Kier molecular flexibility index (Phi) is 4.22. The molecule has 84 valence electrons. The number of aliphatic hydroxyl groups excluding tert-OH is 1. The molecule has 5 nitrogen and oxygen atoms in total. The SMILES string of the molecule is CNS(=O)(=O)NCC(O)c1ccccc1. The maximum Gasteiger partial charge on any atom is 0.276 e. The van der Waals surface area contributed by atoms with E-state index in [1.165, 1.54) is 7.05 Å². The summed E-state index contributed by atoms with van der Waals surface area (Å²) in [6.07, 6.45) is -0.839. The second-order valence-corrected chi connectivity index (χ2v) is 4.69. The summed E-state index contributed by atoms with van der Waals surface area (Å²) in [7, 11) is -2.18. The van der Waals surface area contributed by atoms with Gasteiger partial charge in [-0.05, 0) is 5.56 Å². The number of hydrogen-bond acceptors (Lipinski definition) is 3. The first-order valence-electron chi connectivity index (χ1n) is 4.46. The molecule has 1 unspecified atom stereocenters. The molecule has 0 bridgehead atoms. The highest BCUT2D eigenvalue weighted by atomic mass is 32.2. The molecular weight excluding hydrogens is 216 g/mol. The number of hydrogen-bond donors (Lipinski definition) is 3. The van der Waals surface area contributed by atoms with E-state index < -0.39 is 16.3 Å². The fourth-order valence-electron chi connectivity index (χ4n) is 1.05. The molecule has 0 saturated heterocycles. The minimum absolute atomic E-state index is 0.0484. The van der Waals surface area contributed by atoms with E-state index in [0.717, 1.165) is 0 Å². The van der Waals surface area contributed by atoms with Gasteiger partial charge in [-0.2, -0.15) is 13.1 Å². The third kappa shape index (κ3) is 3.96. The van der Waals surface area contributed by atoms with Crippen LogP contribution in [-0.4, -0.2) is 27.1 Å². The van der Waals surface area contributed by atoms with Gasteiger partial charge in [0.15, 0.2) is 0 Å². The minimum Gasteiger partial charge on any atom is -0.387 e. The van der Waals surface area contributed by atoms with Gasteiger partial charge in [-0.25, -0.2) is 4.72 Å². The average Bonchev–Trinajstić information content (AvgIpc) is 2.27. The first-order chi connectivity index (χ1) is 7.05. The lowest BCUT2D eigenvalue weighted by molar-refractivity contribution is 0.182. The molecule has 3 N–H and O–H groups in total. The lowest BCUT2D eigenvalue weighted by Crippen LogP contribution is -2.36. The van der Waals surface area contributed by atoms with Crippen LogP contribution in [0.2, 0.25) is 0 Å². The van der Waals surface area contributed by atoms with E-state index in [1.807, 2.05) is 6.07 Å². The predicted molar refractivity (Wildman–Crippen MR) is 57.4 cm³/mol. The van der Waals surface area contributed by atoms with Crippen LogP contribution in [0.4, 0.5) is 0 Å². The van der Waals surface area contributed by atoms with Crippen molar-refractivity contribution in [1.29, 1.82) is 0 Å². The maximum atomic E-state index is 11.0. The molecule has 0 fully saturated rings. The van der Waals surface area contributed by atoms with Crippen LogP contribution >= 0.6 is 0 Å². The summed E-state index contributed by atoms with van der Waals surface area (Å²) in [5.74, 6) is 0. The average molecular weight is 230 g/mol. The lowest BCUT2D eigenvalue weighted by atomic mass is 10.1. The van der Waals surface area contributed by atoms with Gasteiger partial charge in [-0.15, -0.1) is 0 Å². The smallest absolute Gasteiger partial charge is 0.276 e. The van der Waals surface area contributed by atoms with Crippen LogP contribution in [-0.2, 0) is 10.2 Å². The topological polar surface area (TPSA) is 78.4 Å². The van der Waals surface area contributed by atoms with E-state index >= 15 is 0 Å². The zero-order chi connectivity index (χ0) is 11.3. The van der Waals surface area contributed by atoms with Crippen LogP contribution in [0.25, 0.3) is 0 Å². The number of nitrogens with one attached hydrogen (secondary N) is 2. The molecule has 15 heavy (non-hydrogen) atoms. The normalized spacial score (nSPS) is 13.7. The van der Waals surface area contributed by atoms with E-state index in [0.29, 0.717) is 5.56 Å². The van der Waals surface area contributed by atoms with Crippen molar-refractivity contribution in [3.8, 4) is 0 Å². The van der Waals surface area contributed by atoms with Gasteiger partial charge in [-0.1, -0.05) is 30.3 Å². The molecule has 0 aliphatic rings. The Balaban J connectivity index is 2.54. The minimum atomic E-state index is -3.48. The van der Waals surface area contributed by atoms with Crippen molar-refractivity contribution in [1.82, 2.24) is 9.44 Å². The van der Waals surface area contributed by atoms with E-state index in [2.05, 4.69) is 9.44 Å². The van der Waals surface area contributed by atoms with Crippen molar-refractivity contribution < 1.29 is 13.5 Å². The fourth-order valence-corrected chi connectivity index (χ4v) is 1.58. The first kappa shape index (κ1) is 12.1. The van der Waals surface area contributed by atoms with E-state index in [9.17, 15) is 13.5 Å². The van der Waals surface area contributed by atoms with Crippen molar-refractivity contribution in [3.63, 3.8) is 0 Å². The summed E-state index contributed by atoms with van der Waals surface area (Å²) in [4.78, 5) is 0. The van der Waals surface area contributed by atoms with Crippen molar-refractivity contribution in [2.24, 2.45) is 0 Å². The molecule has 1 aromatic rings. The first-order valence-corrected chi connectivity index (χ1v) is 5.94. The number of aliphatic hydroxyl groups is 1. The molecule has 6 heteroatoms. The summed E-state index contributed by atoms with van der Waals surface area (Å²) < 4.78 is 26.3. The second-order valence-electron chi connectivity index (χ2n) is 2.98. The standard InChI is InChI=1S/C9H14N2O3S/c1-10-15(13,14)11-7-9(12)8-5-3-2-4-6-8/h2-6,9-12H,7H2,1H3. The summed E-state index contributed by atoms with van der Waals surface area (Å²) in [5.41, 5.74) is 0.677. The van der Waals surface area contributed by atoms with Crippen LogP contribution < -0.4 is 9.44 Å². The van der Waals surface area contributed by atoms with Gasteiger partial charge < -0.3 is 5.11 Å². The third-order valence-corrected chi connectivity index (χ3v) is 3.00. The molecule has 0 amide bonds. The Hall–Kier alpha value is -0.950. The van der Waals surface area contributed by atoms with Gasteiger partial charge in [0.05, 0.1) is 6.10 Å². The molecule has 0 aliphatic heterocycles. The van der Waals surface area contributed by atoms with Gasteiger partial charge in [0, 0.05) is 13.6 Å². The van der Waals surface area contributed by atoms with Crippen molar-refractivity contribution in [2.45, 2.75) is 6.10 Å². The molecule has 0 aliphatic carbocycles. The number of rotatable bonds is 5. The summed E-state index contributed by atoms with van der Waals surface area (Å²) in [6, 6.07) is 8.86. The van der Waals surface area contributed by atoms with Gasteiger partial charge in [0.25, 0.3) is 10.2 Å². The van der Waals surface area contributed by atoms with Gasteiger partial charge in [0.2, 0.25) is 0 Å². The molecule has 0 aromatic heterocycles. The van der Waals surface area contributed by atoms with E-state index in [1.54, 1.807) is 24.3 Å². The summed E-state index contributed by atoms with van der Waals surface area (Å²) >= 11 is 0. The zero-order valence-electron chi connectivity index (χ0n) is 8.34. The Morgan fingerprint density at radius 2 is 1.93 bits per heavy atom. The Morgan fingerprint density at radius 1 is 1.33 bits per heavy atom. The lowest BCUT2D eigenvalue weighted by Gasteiger charge is -2.11. The molecule has 0 radical (unpaired) electrons.